The maximum Gasteiger partial charge on any atom is 0.253 e. The molecule has 10 heteroatoms. The number of halogens is 1. The highest BCUT2D eigenvalue weighted by Crippen LogP contribution is 2.65. The molecule has 3 aliphatic heterocycles. The lowest BCUT2D eigenvalue weighted by atomic mass is 9.64. The smallest absolute Gasteiger partial charge is 0.253 e. The molecular formula is C39H50ClN3O6. The van der Waals surface area contributed by atoms with Crippen LogP contribution in [0.4, 0.5) is 11.4 Å². The molecule has 49 heavy (non-hydrogen) atoms. The number of fused-ring (bicyclic) bond motifs is 1. The van der Waals surface area contributed by atoms with Crippen LogP contribution in [0, 0.1) is 24.7 Å². The number of likely N-dealkylation sites (tertiary alicyclic amines) is 1. The largest absolute Gasteiger partial charge is 0.494 e. The van der Waals surface area contributed by atoms with E-state index in [9.17, 15) is 9.90 Å². The topological polar surface area (TPSA) is 99.6 Å². The van der Waals surface area contributed by atoms with E-state index in [1.807, 2.05) is 71.0 Å². The van der Waals surface area contributed by atoms with Crippen LogP contribution in [-0.4, -0.2) is 77.3 Å². The van der Waals surface area contributed by atoms with E-state index < -0.39 is 35.1 Å². The predicted molar refractivity (Wildman–Crippen MR) is 193 cm³/mol. The Kier molecular flexibility index (Phi) is 11.0. The normalized spacial score (nSPS) is 26.6. The molecule has 264 valence electrons. The number of carbonyl (C=O) groups is 3. The summed E-state index contributed by atoms with van der Waals surface area (Å²) in [6, 6.07) is 11.0. The summed E-state index contributed by atoms with van der Waals surface area (Å²) in [6.45, 7) is 18.1. The van der Waals surface area contributed by atoms with Crippen molar-refractivity contribution in [2.24, 2.45) is 17.8 Å². The summed E-state index contributed by atoms with van der Waals surface area (Å²) >= 11 is 6.74. The van der Waals surface area contributed by atoms with E-state index in [-0.39, 0.29) is 43.3 Å². The zero-order valence-corrected chi connectivity index (χ0v) is 30.1. The van der Waals surface area contributed by atoms with Gasteiger partial charge < -0.3 is 29.3 Å². The predicted octanol–water partition coefficient (Wildman–Crippen LogP) is 6.35. The van der Waals surface area contributed by atoms with E-state index in [0.29, 0.717) is 54.4 Å². The minimum atomic E-state index is -1.29. The standard InChI is InChI=1S/C39H50ClN3O6/c1-8-22-41(27-16-18-28(19-17-27)48-12-5)35(45)31-32-36(46)43(30(24-44)25(6)10-3)34(39(32)21-20-38(31,11-4)49-39)37(47)42(23-9-2)33-26(7)14-13-15-29(33)40/h8-9,13-19,25,30-32,34,44H,1-2,10-12,20-24H2,3-7H3/t25-,30-,31+,32-,34?,38-,39?/m0/s1. The summed E-state index contributed by atoms with van der Waals surface area (Å²) in [4.78, 5) is 50.0. The molecule has 0 aromatic heterocycles. The summed E-state index contributed by atoms with van der Waals surface area (Å²) in [6.07, 6.45) is 5.37. The van der Waals surface area contributed by atoms with E-state index in [1.165, 1.54) is 0 Å². The van der Waals surface area contributed by atoms with Crippen LogP contribution in [0.1, 0.15) is 58.9 Å². The van der Waals surface area contributed by atoms with Crippen LogP contribution in [0.5, 0.6) is 5.75 Å². The van der Waals surface area contributed by atoms with Crippen LogP contribution >= 0.6 is 11.6 Å². The Labute approximate surface area is 295 Å². The number of benzene rings is 2. The number of rotatable bonds is 15. The van der Waals surface area contributed by atoms with Crippen molar-refractivity contribution in [1.82, 2.24) is 4.90 Å². The third-order valence-corrected chi connectivity index (χ3v) is 11.3. The molecule has 0 radical (unpaired) electrons. The first kappa shape index (κ1) is 36.6. The van der Waals surface area contributed by atoms with Gasteiger partial charge in [0.15, 0.2) is 0 Å². The van der Waals surface area contributed by atoms with E-state index in [4.69, 9.17) is 21.1 Å². The van der Waals surface area contributed by atoms with Gasteiger partial charge in [-0.3, -0.25) is 14.4 Å². The number of aliphatic hydroxyl groups excluding tert-OH is 1. The summed E-state index contributed by atoms with van der Waals surface area (Å²) < 4.78 is 12.7. The van der Waals surface area contributed by atoms with Crippen molar-refractivity contribution in [2.45, 2.75) is 83.6 Å². The van der Waals surface area contributed by atoms with E-state index >= 15 is 9.59 Å². The van der Waals surface area contributed by atoms with Gasteiger partial charge in [-0.1, -0.05) is 63.1 Å². The molecule has 3 amide bonds. The van der Waals surface area contributed by atoms with Gasteiger partial charge in [-0.15, -0.1) is 13.2 Å². The Hall–Kier alpha value is -3.66. The fraction of sp³-hybridized carbons (Fsp3) is 0.513. The molecule has 9 nitrogen and oxygen atoms in total. The van der Waals surface area contributed by atoms with Crippen molar-refractivity contribution in [2.75, 3.05) is 36.1 Å². The molecule has 5 rings (SSSR count). The van der Waals surface area contributed by atoms with Crippen molar-refractivity contribution in [3.8, 4) is 5.75 Å². The van der Waals surface area contributed by atoms with Gasteiger partial charge in [-0.2, -0.15) is 0 Å². The minimum Gasteiger partial charge on any atom is -0.494 e. The molecule has 2 unspecified atom stereocenters. The SMILES string of the molecule is C=CCN(C(=O)[C@H]1[C@H]2C(=O)N([C@@H](CO)[C@@H](C)CC)C(C(=O)N(CC=C)c3c(C)cccc3Cl)C23CC[C@]1(CC)O3)c1ccc(OCC)cc1. The van der Waals surface area contributed by atoms with Gasteiger partial charge in [0.05, 0.1) is 47.4 Å². The number of aryl methyl sites for hydroxylation is 1. The van der Waals surface area contributed by atoms with Crippen LogP contribution in [0.2, 0.25) is 5.02 Å². The van der Waals surface area contributed by atoms with Crippen molar-refractivity contribution in [3.05, 3.63) is 78.4 Å². The van der Waals surface area contributed by atoms with Crippen LogP contribution in [0.3, 0.4) is 0 Å². The summed E-state index contributed by atoms with van der Waals surface area (Å²) in [5.41, 5.74) is -0.285. The number of anilines is 2. The number of carbonyl (C=O) groups excluding carboxylic acids is 3. The zero-order chi connectivity index (χ0) is 35.7. The average Bonchev–Trinajstić information content (AvgIpc) is 3.70. The quantitative estimate of drug-likeness (QED) is 0.219. The number of para-hydroxylation sites is 1. The summed E-state index contributed by atoms with van der Waals surface area (Å²) in [5.74, 6) is -2.22. The number of hydrogen-bond donors (Lipinski definition) is 1. The van der Waals surface area contributed by atoms with Crippen molar-refractivity contribution < 1.29 is 29.0 Å². The highest BCUT2D eigenvalue weighted by Gasteiger charge is 2.79. The highest BCUT2D eigenvalue weighted by molar-refractivity contribution is 6.34. The number of aliphatic hydroxyl groups is 1. The molecule has 2 aromatic rings. The monoisotopic (exact) mass is 691 g/mol. The third kappa shape index (κ3) is 5.97. The number of ether oxygens (including phenoxy) is 2. The first-order chi connectivity index (χ1) is 23.5. The molecular weight excluding hydrogens is 642 g/mol. The first-order valence-electron chi connectivity index (χ1n) is 17.5. The van der Waals surface area contributed by atoms with E-state index in [1.54, 1.807) is 32.9 Å². The lowest BCUT2D eigenvalue weighted by molar-refractivity contribution is -0.150. The molecule has 3 fully saturated rings. The fourth-order valence-corrected chi connectivity index (χ4v) is 8.85. The lowest BCUT2D eigenvalue weighted by Gasteiger charge is -2.41. The van der Waals surface area contributed by atoms with Gasteiger partial charge in [-0.25, -0.2) is 0 Å². The molecule has 3 saturated heterocycles. The second-order valence-electron chi connectivity index (χ2n) is 13.5. The van der Waals surface area contributed by atoms with Gasteiger partial charge >= 0.3 is 0 Å². The van der Waals surface area contributed by atoms with Crippen LogP contribution in [0.25, 0.3) is 0 Å². The molecule has 7 atom stereocenters. The summed E-state index contributed by atoms with van der Waals surface area (Å²) in [5, 5.41) is 11.2. The molecule has 0 saturated carbocycles. The Morgan fingerprint density at radius 1 is 1.08 bits per heavy atom. The highest BCUT2D eigenvalue weighted by atomic mass is 35.5. The zero-order valence-electron chi connectivity index (χ0n) is 29.4. The van der Waals surface area contributed by atoms with Gasteiger partial charge in [0.2, 0.25) is 11.8 Å². The van der Waals surface area contributed by atoms with Gasteiger partial charge in [-0.05, 0) is 74.9 Å². The van der Waals surface area contributed by atoms with Crippen LogP contribution < -0.4 is 14.5 Å². The maximum atomic E-state index is 15.2. The number of amides is 3. The lowest BCUT2D eigenvalue weighted by Crippen LogP contribution is -2.60. The Morgan fingerprint density at radius 2 is 1.76 bits per heavy atom. The molecule has 2 bridgehead atoms. The van der Waals surface area contributed by atoms with Crippen molar-refractivity contribution in [3.63, 3.8) is 0 Å². The third-order valence-electron chi connectivity index (χ3n) is 11.0. The minimum absolute atomic E-state index is 0.137. The Balaban J connectivity index is 1.67. The molecule has 3 heterocycles. The fourth-order valence-electron chi connectivity index (χ4n) is 8.52. The Bertz CT molecular complexity index is 1560. The van der Waals surface area contributed by atoms with Crippen LogP contribution in [0.15, 0.2) is 67.8 Å². The molecule has 1 spiro atoms. The van der Waals surface area contributed by atoms with Crippen molar-refractivity contribution in [1.29, 1.82) is 0 Å². The molecule has 3 aliphatic rings. The van der Waals surface area contributed by atoms with Gasteiger partial charge in [0.1, 0.15) is 17.4 Å². The second kappa shape index (κ2) is 14.7. The van der Waals surface area contributed by atoms with Crippen molar-refractivity contribution >= 4 is 40.7 Å². The van der Waals surface area contributed by atoms with E-state index in [2.05, 4.69) is 13.2 Å². The molecule has 2 aromatic carbocycles. The first-order valence-corrected chi connectivity index (χ1v) is 17.8. The molecule has 0 aliphatic carbocycles. The van der Waals surface area contributed by atoms with Crippen LogP contribution in [-0.2, 0) is 19.1 Å². The maximum absolute atomic E-state index is 15.2. The van der Waals surface area contributed by atoms with Gasteiger partial charge in [0, 0.05) is 18.8 Å². The Morgan fingerprint density at radius 3 is 2.33 bits per heavy atom. The second-order valence-corrected chi connectivity index (χ2v) is 13.9. The number of hydrogen-bond acceptors (Lipinski definition) is 6. The molecule has 1 N–H and O–H groups in total. The number of nitrogens with zero attached hydrogens (tertiary/aromatic N) is 3. The van der Waals surface area contributed by atoms with E-state index in [0.717, 1.165) is 5.56 Å². The van der Waals surface area contributed by atoms with Gasteiger partial charge in [0.25, 0.3) is 5.91 Å². The average molecular weight is 692 g/mol. The summed E-state index contributed by atoms with van der Waals surface area (Å²) in [7, 11) is 0.